The summed E-state index contributed by atoms with van der Waals surface area (Å²) in [6.07, 6.45) is 21.5. The van der Waals surface area contributed by atoms with E-state index in [9.17, 15) is 14.1 Å². The lowest BCUT2D eigenvalue weighted by Gasteiger charge is -2.72. The number of ether oxygens (including phenoxy) is 1. The van der Waals surface area contributed by atoms with Crippen molar-refractivity contribution in [1.82, 2.24) is 15.2 Å². The molecule has 1 aromatic rings. The van der Waals surface area contributed by atoms with Crippen molar-refractivity contribution in [1.29, 1.82) is 0 Å². The van der Waals surface area contributed by atoms with Crippen molar-refractivity contribution in [2.45, 2.75) is 124 Å². The fraction of sp³-hybridized carbons (Fsp3) is 0.735. The molecule has 0 aromatic carbocycles. The van der Waals surface area contributed by atoms with Gasteiger partial charge in [-0.2, -0.15) is 0 Å². The quantitative estimate of drug-likeness (QED) is 0.180. The first-order valence-electron chi connectivity index (χ1n) is 22.5. The van der Waals surface area contributed by atoms with E-state index in [0.717, 1.165) is 50.5 Å². The van der Waals surface area contributed by atoms with Crippen molar-refractivity contribution in [2.24, 2.45) is 56.7 Å². The fourth-order valence-electron chi connectivity index (χ4n) is 15.3. The van der Waals surface area contributed by atoms with Crippen molar-refractivity contribution in [3.8, 4) is 5.75 Å². The van der Waals surface area contributed by atoms with Gasteiger partial charge in [0.2, 0.25) is 0 Å². The Bertz CT molecular complexity index is 1890. The van der Waals surface area contributed by atoms with Crippen molar-refractivity contribution < 1.29 is 18.8 Å². The van der Waals surface area contributed by atoms with E-state index in [1.807, 2.05) is 12.1 Å². The Morgan fingerprint density at radius 1 is 0.982 bits per heavy atom. The molecule has 2 heterocycles. The molecule has 5 fully saturated rings. The molecule has 0 amide bonds. The molecule has 8 heteroatoms. The summed E-state index contributed by atoms with van der Waals surface area (Å²) in [5.41, 5.74) is 4.33. The molecule has 10 atom stereocenters. The molecule has 0 bridgehead atoms. The van der Waals surface area contributed by atoms with E-state index < -0.39 is 20.9 Å². The van der Waals surface area contributed by atoms with E-state index in [1.165, 1.54) is 68.1 Å². The van der Waals surface area contributed by atoms with Crippen LogP contribution in [0.1, 0.15) is 119 Å². The van der Waals surface area contributed by atoms with Gasteiger partial charge in [-0.25, -0.2) is 0 Å². The van der Waals surface area contributed by atoms with E-state index >= 15 is 0 Å². The van der Waals surface area contributed by atoms with Gasteiger partial charge in [0, 0.05) is 49.4 Å². The maximum Gasteiger partial charge on any atom is 0.313 e. The van der Waals surface area contributed by atoms with Crippen molar-refractivity contribution in [3.63, 3.8) is 0 Å². The molecule has 1 aromatic heterocycles. The highest BCUT2D eigenvalue weighted by molar-refractivity contribution is 8.00. The van der Waals surface area contributed by atoms with Crippen LogP contribution in [0.4, 0.5) is 0 Å². The van der Waals surface area contributed by atoms with E-state index in [2.05, 4.69) is 81.3 Å². The molecule has 4 saturated carbocycles. The number of hydrogen-bond acceptors (Lipinski definition) is 6. The van der Waals surface area contributed by atoms with Crippen molar-refractivity contribution in [2.75, 3.05) is 44.3 Å². The second kappa shape index (κ2) is 14.6. The van der Waals surface area contributed by atoms with Gasteiger partial charge >= 0.3 is 5.97 Å². The third-order valence-electron chi connectivity index (χ3n) is 18.7. The van der Waals surface area contributed by atoms with E-state index in [4.69, 9.17) is 4.74 Å². The standard InChI is InChI=1S/C49H73N3O4S/c1-34(2)37-15-22-49(51-26-27-52-28-30-57(8,55)31-29-52)24-23-46(6)39(42(37)49)11-12-41-45(5)18-16-38(44(3,4)40(45)17-19-47(41,46)7)35-13-20-48(21-14-35,43(53)54)33-56-36-10-9-25-50-32-36/h9-10,13,16,25,32,37,39-42,51H,1,8,11-12,14-15,17-24,26-31,33H2,2-7H3,(H,53,54)/t37-,39+,40-,41+,42+,45-,46+,47+,48?,49-/m0/s1. The van der Waals surface area contributed by atoms with E-state index in [1.54, 1.807) is 12.4 Å². The molecule has 0 radical (unpaired) electrons. The second-order valence-electron chi connectivity index (χ2n) is 21.5. The number of rotatable bonds is 10. The lowest BCUT2D eigenvalue weighted by molar-refractivity contribution is -0.221. The first kappa shape index (κ1) is 41.3. The second-order valence-corrected chi connectivity index (χ2v) is 24.3. The molecule has 1 aliphatic heterocycles. The highest BCUT2D eigenvalue weighted by Gasteiger charge is 2.70. The highest BCUT2D eigenvalue weighted by Crippen LogP contribution is 2.76. The molecule has 7 aliphatic rings. The van der Waals surface area contributed by atoms with Crippen LogP contribution >= 0.6 is 0 Å². The summed E-state index contributed by atoms with van der Waals surface area (Å²) >= 11 is 0. The smallest absolute Gasteiger partial charge is 0.313 e. The average Bonchev–Trinajstić information content (AvgIpc) is 3.55. The number of allylic oxidation sites excluding steroid dienone is 5. The number of carboxylic acids is 1. The zero-order valence-electron chi connectivity index (χ0n) is 36.2. The highest BCUT2D eigenvalue weighted by atomic mass is 32.2. The van der Waals surface area contributed by atoms with Crippen LogP contribution in [0.15, 0.2) is 60.0 Å². The molecule has 2 N–H and O–H groups in total. The van der Waals surface area contributed by atoms with Gasteiger partial charge in [0.15, 0.2) is 0 Å². The predicted octanol–water partition coefficient (Wildman–Crippen LogP) is 9.21. The number of nitrogens with one attached hydrogen (secondary N) is 1. The van der Waals surface area contributed by atoms with E-state index in [0.29, 0.717) is 48.2 Å². The summed E-state index contributed by atoms with van der Waals surface area (Å²) < 4.78 is 18.5. The van der Waals surface area contributed by atoms with Crippen LogP contribution in [0.5, 0.6) is 5.75 Å². The van der Waals surface area contributed by atoms with Crippen LogP contribution in [-0.4, -0.2) is 80.9 Å². The van der Waals surface area contributed by atoms with Crippen LogP contribution in [0.2, 0.25) is 0 Å². The Hall–Kier alpha value is -2.42. The number of carbonyl (C=O) groups is 1. The Morgan fingerprint density at radius 3 is 2.42 bits per heavy atom. The topological polar surface area (TPSA) is 91.8 Å². The fourth-order valence-corrected chi connectivity index (χ4v) is 16.7. The SMILES string of the molecule is C=C(C)[C@@H]1CC[C@]2(NCCN3CCS(=C)(=O)CC3)CC[C@]3(C)[C@H](CC[C@@H]4[C@@]5(C)CC=C(C6=CCC(COc7cccnc7)(C(=O)O)CC6)C(C)(C)[C@@H]5CC[C@]43C)[C@@H]12. The summed E-state index contributed by atoms with van der Waals surface area (Å²) in [5, 5.41) is 14.7. The number of pyridine rings is 1. The molecule has 8 rings (SSSR count). The average molecular weight is 800 g/mol. The summed E-state index contributed by atoms with van der Waals surface area (Å²) in [5.74, 6) is 8.51. The van der Waals surface area contributed by atoms with Crippen molar-refractivity contribution >= 4 is 21.4 Å². The Morgan fingerprint density at radius 2 is 1.75 bits per heavy atom. The number of nitrogens with zero attached hydrogens (tertiary/aromatic N) is 2. The Balaban J connectivity index is 1.01. The molecular formula is C49H73N3O4S. The summed E-state index contributed by atoms with van der Waals surface area (Å²) in [4.78, 5) is 19.4. The number of aliphatic carboxylic acids is 1. The third kappa shape index (κ3) is 6.73. The predicted molar refractivity (Wildman–Crippen MR) is 234 cm³/mol. The zero-order valence-corrected chi connectivity index (χ0v) is 37.0. The van der Waals surface area contributed by atoms with Gasteiger partial charge in [0.05, 0.1) is 6.20 Å². The summed E-state index contributed by atoms with van der Waals surface area (Å²) in [7, 11) is -1.87. The minimum atomic E-state index is -1.87. The molecule has 7 nitrogen and oxygen atoms in total. The molecule has 1 saturated heterocycles. The van der Waals surface area contributed by atoms with Gasteiger partial charge in [0.1, 0.15) is 17.8 Å². The monoisotopic (exact) mass is 800 g/mol. The van der Waals surface area contributed by atoms with Gasteiger partial charge in [0.25, 0.3) is 0 Å². The maximum absolute atomic E-state index is 12.7. The minimum Gasteiger partial charge on any atom is -0.491 e. The third-order valence-corrected chi connectivity index (χ3v) is 20.5. The van der Waals surface area contributed by atoms with Gasteiger partial charge in [-0.1, -0.05) is 58.9 Å². The Labute approximate surface area is 345 Å². The molecule has 314 valence electrons. The lowest BCUT2D eigenvalue weighted by Crippen LogP contribution is -2.68. The lowest BCUT2D eigenvalue weighted by atomic mass is 9.33. The van der Waals surface area contributed by atoms with Crippen LogP contribution in [0.3, 0.4) is 0 Å². The van der Waals surface area contributed by atoms with Gasteiger partial charge in [-0.3, -0.25) is 14.0 Å². The van der Waals surface area contributed by atoms with Crippen LogP contribution in [0.25, 0.3) is 0 Å². The number of aromatic nitrogens is 1. The van der Waals surface area contributed by atoms with E-state index in [-0.39, 0.29) is 33.8 Å². The normalized spacial score (nSPS) is 42.3. The largest absolute Gasteiger partial charge is 0.491 e. The number of carboxylic acid groups (broad SMARTS) is 1. The van der Waals surface area contributed by atoms with Crippen LogP contribution < -0.4 is 10.1 Å². The Kier molecular flexibility index (Phi) is 10.6. The summed E-state index contributed by atoms with van der Waals surface area (Å²) in [6.45, 7) is 24.2. The van der Waals surface area contributed by atoms with Gasteiger partial charge in [-0.05, 0) is 174 Å². The molecule has 1 unspecified atom stereocenters. The van der Waals surface area contributed by atoms with Gasteiger partial charge < -0.3 is 20.1 Å². The summed E-state index contributed by atoms with van der Waals surface area (Å²) in [6, 6.07) is 3.67. The van der Waals surface area contributed by atoms with Crippen LogP contribution in [-0.2, 0) is 14.3 Å². The van der Waals surface area contributed by atoms with Crippen molar-refractivity contribution in [3.05, 3.63) is 60.0 Å². The number of hydrogen-bond donors (Lipinski definition) is 2. The molecule has 57 heavy (non-hydrogen) atoms. The van der Waals surface area contributed by atoms with Crippen LogP contribution in [0, 0.1) is 56.7 Å². The first-order chi connectivity index (χ1) is 26.9. The molecular weight excluding hydrogens is 727 g/mol. The first-order valence-corrected chi connectivity index (χ1v) is 24.6. The number of fused-ring (bicyclic) bond motifs is 7. The zero-order chi connectivity index (χ0) is 40.6. The minimum absolute atomic E-state index is 0.0218. The molecule has 6 aliphatic carbocycles. The molecule has 0 spiro atoms. The maximum atomic E-state index is 12.7. The van der Waals surface area contributed by atoms with Gasteiger partial charge in [-0.15, -0.1) is 0 Å².